The molecule has 1 N–H and O–H groups in total. The van der Waals surface area contributed by atoms with Gasteiger partial charge in [0.25, 0.3) is 0 Å². The van der Waals surface area contributed by atoms with Crippen molar-refractivity contribution in [2.75, 3.05) is 39.3 Å². The molecule has 1 aliphatic rings. The lowest BCUT2D eigenvalue weighted by atomic mass is 10.2. The normalized spacial score (nSPS) is 17.2. The lowest BCUT2D eigenvalue weighted by Gasteiger charge is -2.26. The molecule has 17 heavy (non-hydrogen) atoms. The summed E-state index contributed by atoms with van der Waals surface area (Å²) in [6, 6.07) is 6.76. The average molecular weight is 238 g/mol. The predicted molar refractivity (Wildman–Crippen MR) is 65.4 cm³/mol. The summed E-state index contributed by atoms with van der Waals surface area (Å²) in [6.07, 6.45) is 0. The third kappa shape index (κ3) is 4.07. The first-order valence-corrected chi connectivity index (χ1v) is 6.10. The Hall–Kier alpha value is -0.970. The van der Waals surface area contributed by atoms with E-state index in [1.807, 2.05) is 6.07 Å². The average Bonchev–Trinajstić information content (AvgIpc) is 2.38. The summed E-state index contributed by atoms with van der Waals surface area (Å²) in [5.74, 6) is -0.185. The molecule has 0 saturated carbocycles. The fourth-order valence-corrected chi connectivity index (χ4v) is 1.93. The molecule has 1 aromatic carbocycles. The van der Waals surface area contributed by atoms with Crippen molar-refractivity contribution in [1.82, 2.24) is 10.2 Å². The maximum atomic E-state index is 13.3. The summed E-state index contributed by atoms with van der Waals surface area (Å²) in [7, 11) is 0. The second-order valence-electron chi connectivity index (χ2n) is 4.24. The molecular weight excluding hydrogens is 219 g/mol. The Morgan fingerprint density at radius 1 is 1.24 bits per heavy atom. The maximum absolute atomic E-state index is 13.3. The predicted octanol–water partition coefficient (Wildman–Crippen LogP) is 1.25. The SMILES string of the molecule is Fc1ccccc1COCCN1CCNCC1. The lowest BCUT2D eigenvalue weighted by molar-refractivity contribution is 0.0870. The van der Waals surface area contributed by atoms with Crippen LogP contribution >= 0.6 is 0 Å². The number of halogens is 1. The molecule has 0 aromatic heterocycles. The maximum Gasteiger partial charge on any atom is 0.128 e. The van der Waals surface area contributed by atoms with Gasteiger partial charge in [0.2, 0.25) is 0 Å². The molecule has 1 saturated heterocycles. The minimum atomic E-state index is -0.185. The first-order valence-electron chi connectivity index (χ1n) is 6.10. The first kappa shape index (κ1) is 12.5. The van der Waals surface area contributed by atoms with Crippen LogP contribution in [0.15, 0.2) is 24.3 Å². The van der Waals surface area contributed by atoms with Gasteiger partial charge in [-0.25, -0.2) is 4.39 Å². The van der Waals surface area contributed by atoms with E-state index in [0.29, 0.717) is 18.8 Å². The van der Waals surface area contributed by atoms with Gasteiger partial charge in [0.05, 0.1) is 13.2 Å². The first-order chi connectivity index (χ1) is 8.36. The second-order valence-corrected chi connectivity index (χ2v) is 4.24. The fourth-order valence-electron chi connectivity index (χ4n) is 1.93. The molecule has 0 spiro atoms. The van der Waals surface area contributed by atoms with Crippen molar-refractivity contribution in [3.05, 3.63) is 35.6 Å². The van der Waals surface area contributed by atoms with E-state index in [0.717, 1.165) is 32.7 Å². The van der Waals surface area contributed by atoms with E-state index in [1.54, 1.807) is 12.1 Å². The standard InChI is InChI=1S/C13H19FN2O/c14-13-4-2-1-3-12(13)11-17-10-9-16-7-5-15-6-8-16/h1-4,15H,5-11H2. The van der Waals surface area contributed by atoms with Crippen molar-refractivity contribution in [3.8, 4) is 0 Å². The van der Waals surface area contributed by atoms with Gasteiger partial charge in [0.1, 0.15) is 5.82 Å². The van der Waals surface area contributed by atoms with Crippen molar-refractivity contribution in [3.63, 3.8) is 0 Å². The topological polar surface area (TPSA) is 24.5 Å². The summed E-state index contributed by atoms with van der Waals surface area (Å²) in [4.78, 5) is 2.36. The highest BCUT2D eigenvalue weighted by Crippen LogP contribution is 2.07. The monoisotopic (exact) mass is 238 g/mol. The minimum Gasteiger partial charge on any atom is -0.375 e. The Morgan fingerprint density at radius 3 is 2.76 bits per heavy atom. The molecule has 0 aliphatic carbocycles. The van der Waals surface area contributed by atoms with Gasteiger partial charge in [-0.05, 0) is 6.07 Å². The van der Waals surface area contributed by atoms with Gasteiger partial charge < -0.3 is 10.1 Å². The number of nitrogens with one attached hydrogen (secondary N) is 1. The van der Waals surface area contributed by atoms with Crippen LogP contribution in [0.3, 0.4) is 0 Å². The highest BCUT2D eigenvalue weighted by Gasteiger charge is 2.08. The van der Waals surface area contributed by atoms with Crippen molar-refractivity contribution in [1.29, 1.82) is 0 Å². The number of benzene rings is 1. The molecule has 1 fully saturated rings. The molecule has 2 rings (SSSR count). The van der Waals surface area contributed by atoms with Gasteiger partial charge >= 0.3 is 0 Å². The van der Waals surface area contributed by atoms with Crippen molar-refractivity contribution >= 4 is 0 Å². The fraction of sp³-hybridized carbons (Fsp3) is 0.538. The summed E-state index contributed by atoms with van der Waals surface area (Å²) >= 11 is 0. The van der Waals surface area contributed by atoms with E-state index < -0.39 is 0 Å². The zero-order valence-corrected chi connectivity index (χ0v) is 9.99. The molecule has 0 unspecified atom stereocenters. The Balaban J connectivity index is 1.64. The molecule has 1 aromatic rings. The molecular formula is C13H19FN2O. The Bertz CT molecular complexity index is 340. The second kappa shape index (κ2) is 6.69. The zero-order valence-electron chi connectivity index (χ0n) is 9.99. The number of nitrogens with zero attached hydrogens (tertiary/aromatic N) is 1. The van der Waals surface area contributed by atoms with E-state index in [1.165, 1.54) is 6.07 Å². The number of ether oxygens (including phenoxy) is 1. The summed E-state index contributed by atoms with van der Waals surface area (Å²) in [5.41, 5.74) is 0.632. The van der Waals surface area contributed by atoms with E-state index in [2.05, 4.69) is 10.2 Å². The molecule has 0 amide bonds. The van der Waals surface area contributed by atoms with Gasteiger partial charge in [0, 0.05) is 38.3 Å². The highest BCUT2D eigenvalue weighted by atomic mass is 19.1. The lowest BCUT2D eigenvalue weighted by Crippen LogP contribution is -2.44. The van der Waals surface area contributed by atoms with Crippen LogP contribution in [0.5, 0.6) is 0 Å². The molecule has 0 atom stereocenters. The number of rotatable bonds is 5. The van der Waals surface area contributed by atoms with E-state index >= 15 is 0 Å². The van der Waals surface area contributed by atoms with Gasteiger partial charge in [-0.1, -0.05) is 18.2 Å². The van der Waals surface area contributed by atoms with Gasteiger partial charge in [0.15, 0.2) is 0 Å². The smallest absolute Gasteiger partial charge is 0.128 e. The van der Waals surface area contributed by atoms with Crippen LogP contribution in [-0.4, -0.2) is 44.2 Å². The quantitative estimate of drug-likeness (QED) is 0.781. The van der Waals surface area contributed by atoms with Crippen LogP contribution in [-0.2, 0) is 11.3 Å². The van der Waals surface area contributed by atoms with Crippen molar-refractivity contribution in [2.24, 2.45) is 0 Å². The molecule has 1 aliphatic heterocycles. The van der Waals surface area contributed by atoms with E-state index in [9.17, 15) is 4.39 Å². The van der Waals surface area contributed by atoms with Crippen molar-refractivity contribution < 1.29 is 9.13 Å². The van der Waals surface area contributed by atoms with Gasteiger partial charge in [-0.2, -0.15) is 0 Å². The van der Waals surface area contributed by atoms with Crippen LogP contribution in [0.1, 0.15) is 5.56 Å². The number of hydrogen-bond acceptors (Lipinski definition) is 3. The largest absolute Gasteiger partial charge is 0.375 e. The number of hydrogen-bond donors (Lipinski definition) is 1. The Labute approximate surface area is 102 Å². The molecule has 0 radical (unpaired) electrons. The van der Waals surface area contributed by atoms with Crippen LogP contribution in [0, 0.1) is 5.82 Å². The van der Waals surface area contributed by atoms with E-state index in [4.69, 9.17) is 4.74 Å². The van der Waals surface area contributed by atoms with E-state index in [-0.39, 0.29) is 5.82 Å². The molecule has 94 valence electrons. The molecule has 3 nitrogen and oxygen atoms in total. The summed E-state index contributed by atoms with van der Waals surface area (Å²) < 4.78 is 18.8. The summed E-state index contributed by atoms with van der Waals surface area (Å²) in [5, 5.41) is 3.31. The summed E-state index contributed by atoms with van der Waals surface area (Å²) in [6.45, 7) is 6.19. The third-order valence-electron chi connectivity index (χ3n) is 2.98. The molecule has 0 bridgehead atoms. The van der Waals surface area contributed by atoms with Crippen molar-refractivity contribution in [2.45, 2.75) is 6.61 Å². The third-order valence-corrected chi connectivity index (χ3v) is 2.98. The minimum absolute atomic E-state index is 0.185. The van der Waals surface area contributed by atoms with Crippen LogP contribution in [0.25, 0.3) is 0 Å². The Kier molecular flexibility index (Phi) is 4.91. The van der Waals surface area contributed by atoms with Gasteiger partial charge in [-0.15, -0.1) is 0 Å². The van der Waals surface area contributed by atoms with Crippen LogP contribution in [0.4, 0.5) is 4.39 Å². The zero-order chi connectivity index (χ0) is 11.9. The number of piperazine rings is 1. The highest BCUT2D eigenvalue weighted by molar-refractivity contribution is 5.16. The molecule has 1 heterocycles. The van der Waals surface area contributed by atoms with Crippen LogP contribution < -0.4 is 5.32 Å². The molecule has 4 heteroatoms. The van der Waals surface area contributed by atoms with Crippen LogP contribution in [0.2, 0.25) is 0 Å². The Morgan fingerprint density at radius 2 is 2.00 bits per heavy atom. The van der Waals surface area contributed by atoms with Gasteiger partial charge in [-0.3, -0.25) is 4.90 Å².